The van der Waals surface area contributed by atoms with Gasteiger partial charge in [0, 0.05) is 18.1 Å². The van der Waals surface area contributed by atoms with E-state index in [2.05, 4.69) is 0 Å². The van der Waals surface area contributed by atoms with E-state index in [1.165, 1.54) is 31.4 Å². The number of hydrogen-bond donors (Lipinski definition) is 1. The molecule has 0 saturated carbocycles. The lowest BCUT2D eigenvalue weighted by atomic mass is 9.98. The second-order valence-electron chi connectivity index (χ2n) is 5.59. The van der Waals surface area contributed by atoms with E-state index in [1.54, 1.807) is 0 Å². The molecule has 1 N–H and O–H groups in total. The number of rotatable bonds is 3. The van der Waals surface area contributed by atoms with Crippen LogP contribution >= 0.6 is 0 Å². The molecule has 3 rings (SSSR count). The smallest absolute Gasteiger partial charge is 0.315 e. The molecular weight excluding hydrogens is 345 g/mol. The predicted molar refractivity (Wildman–Crippen MR) is 90.1 cm³/mol. The quantitative estimate of drug-likeness (QED) is 0.512. The molecule has 7 nitrogen and oxygen atoms in total. The summed E-state index contributed by atoms with van der Waals surface area (Å²) in [5.41, 5.74) is 0.153. The predicted octanol–water partition coefficient (Wildman–Crippen LogP) is 3.50. The number of fused-ring (bicyclic) bond motifs is 1. The maximum absolute atomic E-state index is 13.5. The van der Waals surface area contributed by atoms with Gasteiger partial charge in [-0.1, -0.05) is 0 Å². The molecule has 0 atom stereocenters. The summed E-state index contributed by atoms with van der Waals surface area (Å²) in [6.45, 7) is 0.202. The van der Waals surface area contributed by atoms with Crippen molar-refractivity contribution in [2.45, 2.75) is 6.42 Å². The summed E-state index contributed by atoms with van der Waals surface area (Å²) >= 11 is 0. The molecule has 0 radical (unpaired) electrons. The number of ketones is 1. The summed E-state index contributed by atoms with van der Waals surface area (Å²) in [4.78, 5) is 23.1. The lowest BCUT2D eigenvalue weighted by Crippen LogP contribution is -2.03. The number of nitrogens with zero attached hydrogens (tertiary/aromatic N) is 1. The first kappa shape index (κ1) is 17.4. The summed E-state index contributed by atoms with van der Waals surface area (Å²) in [5, 5.41) is 20.9. The molecule has 26 heavy (non-hydrogen) atoms. The third-order valence-corrected chi connectivity index (χ3v) is 3.94. The summed E-state index contributed by atoms with van der Waals surface area (Å²) in [6.07, 6.45) is 1.69. The van der Waals surface area contributed by atoms with E-state index in [0.29, 0.717) is 11.1 Å². The van der Waals surface area contributed by atoms with E-state index in [-0.39, 0.29) is 30.1 Å². The van der Waals surface area contributed by atoms with Crippen molar-refractivity contribution in [2.24, 2.45) is 0 Å². The highest BCUT2D eigenvalue weighted by molar-refractivity contribution is 6.13. The van der Waals surface area contributed by atoms with Gasteiger partial charge in [-0.05, 0) is 35.9 Å². The zero-order chi connectivity index (χ0) is 18.8. The Bertz CT molecular complexity index is 938. The molecule has 0 spiro atoms. The van der Waals surface area contributed by atoms with Crippen LogP contribution in [0.4, 0.5) is 10.1 Å². The van der Waals surface area contributed by atoms with E-state index >= 15 is 0 Å². The number of nitro groups is 1. The van der Waals surface area contributed by atoms with Crippen molar-refractivity contribution in [3.05, 3.63) is 63.0 Å². The number of halogens is 1. The second kappa shape index (κ2) is 6.83. The molecule has 2 aromatic rings. The average molecular weight is 359 g/mol. The van der Waals surface area contributed by atoms with Crippen molar-refractivity contribution in [1.82, 2.24) is 0 Å². The molecule has 2 aromatic carbocycles. The fraction of sp³-hybridized carbons (Fsp3) is 0.167. The molecule has 0 aliphatic carbocycles. The zero-order valence-electron chi connectivity index (χ0n) is 13.7. The van der Waals surface area contributed by atoms with Crippen LogP contribution in [0.2, 0.25) is 0 Å². The van der Waals surface area contributed by atoms with E-state index in [1.807, 2.05) is 0 Å². The summed E-state index contributed by atoms with van der Waals surface area (Å²) < 4.78 is 23.9. The molecular formula is C18H14FNO6. The Labute approximate surface area is 147 Å². The Morgan fingerprint density at radius 1 is 1.35 bits per heavy atom. The number of Topliss-reactive ketones (excluding diaryl/α,β-unsaturated/α-hetero) is 1. The lowest BCUT2D eigenvalue weighted by molar-refractivity contribution is -0.386. The first-order valence-electron chi connectivity index (χ1n) is 7.63. The molecule has 1 aliphatic rings. The van der Waals surface area contributed by atoms with Gasteiger partial charge in [-0.3, -0.25) is 14.9 Å². The standard InChI is InChI=1S/C18H14FNO6/c1-25-16-8-10(7-14(18(16)22)20(23)24)6-11-4-5-26-15-3-2-12(19)9-13(15)17(11)21/h2-3,6-9,22H,4-5H2,1H3/b11-6-. The molecule has 0 amide bonds. The number of hydrogen-bond acceptors (Lipinski definition) is 6. The van der Waals surface area contributed by atoms with Gasteiger partial charge >= 0.3 is 5.69 Å². The Hall–Kier alpha value is -3.42. The Balaban J connectivity index is 2.08. The van der Waals surface area contributed by atoms with Crippen molar-refractivity contribution >= 4 is 17.5 Å². The van der Waals surface area contributed by atoms with Crippen molar-refractivity contribution in [3.63, 3.8) is 0 Å². The fourth-order valence-corrected chi connectivity index (χ4v) is 2.69. The van der Waals surface area contributed by atoms with E-state index in [4.69, 9.17) is 9.47 Å². The Kier molecular flexibility index (Phi) is 4.57. The largest absolute Gasteiger partial charge is 0.500 e. The minimum atomic E-state index is -0.747. The summed E-state index contributed by atoms with van der Waals surface area (Å²) in [7, 11) is 1.26. The highest BCUT2D eigenvalue weighted by atomic mass is 19.1. The third-order valence-electron chi connectivity index (χ3n) is 3.94. The molecule has 0 bridgehead atoms. The molecule has 0 fully saturated rings. The highest BCUT2D eigenvalue weighted by Crippen LogP contribution is 2.38. The second-order valence-corrected chi connectivity index (χ2v) is 5.59. The van der Waals surface area contributed by atoms with Crippen LogP contribution in [0.15, 0.2) is 35.9 Å². The third kappa shape index (κ3) is 3.21. The molecule has 0 saturated heterocycles. The van der Waals surface area contributed by atoms with E-state index < -0.39 is 28.0 Å². The number of phenolic OH excluding ortho intramolecular Hbond substituents is 1. The van der Waals surface area contributed by atoms with Gasteiger partial charge in [-0.25, -0.2) is 4.39 Å². The molecule has 1 aliphatic heterocycles. The van der Waals surface area contributed by atoms with Gasteiger partial charge in [0.05, 0.1) is 24.2 Å². The maximum atomic E-state index is 13.5. The van der Waals surface area contributed by atoms with Crippen LogP contribution in [0.25, 0.3) is 6.08 Å². The van der Waals surface area contributed by atoms with Gasteiger partial charge in [0.15, 0.2) is 11.5 Å². The number of aromatic hydroxyl groups is 1. The summed E-state index contributed by atoms with van der Waals surface area (Å²) in [5.74, 6) is -1.39. The van der Waals surface area contributed by atoms with Gasteiger partial charge < -0.3 is 14.6 Å². The van der Waals surface area contributed by atoms with Gasteiger partial charge in [0.25, 0.3) is 0 Å². The maximum Gasteiger partial charge on any atom is 0.315 e. The number of phenols is 1. The van der Waals surface area contributed by atoms with Crippen LogP contribution in [0.1, 0.15) is 22.3 Å². The van der Waals surface area contributed by atoms with Crippen molar-refractivity contribution in [3.8, 4) is 17.2 Å². The highest BCUT2D eigenvalue weighted by Gasteiger charge is 2.23. The number of carbonyl (C=O) groups is 1. The molecule has 134 valence electrons. The van der Waals surface area contributed by atoms with Gasteiger partial charge in [0.1, 0.15) is 11.6 Å². The number of methoxy groups -OCH3 is 1. The fourth-order valence-electron chi connectivity index (χ4n) is 2.69. The number of ether oxygens (including phenoxy) is 2. The van der Waals surface area contributed by atoms with Gasteiger partial charge in [0.2, 0.25) is 5.75 Å². The topological polar surface area (TPSA) is 98.9 Å². The normalized spacial score (nSPS) is 15.2. The van der Waals surface area contributed by atoms with Crippen LogP contribution in [0.5, 0.6) is 17.2 Å². The molecule has 1 heterocycles. The van der Waals surface area contributed by atoms with Crippen molar-refractivity contribution < 1.29 is 28.7 Å². The lowest BCUT2D eigenvalue weighted by Gasteiger charge is -2.07. The van der Waals surface area contributed by atoms with E-state index in [0.717, 1.165) is 12.1 Å². The molecule has 8 heteroatoms. The summed E-state index contributed by atoms with van der Waals surface area (Å²) in [6, 6.07) is 6.20. The Morgan fingerprint density at radius 3 is 2.81 bits per heavy atom. The van der Waals surface area contributed by atoms with Crippen molar-refractivity contribution in [2.75, 3.05) is 13.7 Å². The Morgan fingerprint density at radius 2 is 2.12 bits per heavy atom. The van der Waals surface area contributed by atoms with E-state index in [9.17, 15) is 24.4 Å². The minimum absolute atomic E-state index is 0.0881. The van der Waals surface area contributed by atoms with Gasteiger partial charge in [-0.15, -0.1) is 0 Å². The first-order valence-corrected chi connectivity index (χ1v) is 7.63. The minimum Gasteiger partial charge on any atom is -0.500 e. The number of nitro benzene ring substituents is 1. The van der Waals surface area contributed by atoms with Gasteiger partial charge in [-0.2, -0.15) is 0 Å². The zero-order valence-corrected chi connectivity index (χ0v) is 13.7. The molecule has 0 aromatic heterocycles. The van der Waals surface area contributed by atoms with Crippen LogP contribution in [0, 0.1) is 15.9 Å². The van der Waals surface area contributed by atoms with Crippen molar-refractivity contribution in [1.29, 1.82) is 0 Å². The van der Waals surface area contributed by atoms with Crippen LogP contribution < -0.4 is 9.47 Å². The monoisotopic (exact) mass is 359 g/mol. The molecule has 0 unspecified atom stereocenters. The number of benzene rings is 2. The van der Waals surface area contributed by atoms with Crippen LogP contribution in [-0.4, -0.2) is 29.5 Å². The van der Waals surface area contributed by atoms with Crippen LogP contribution in [0.3, 0.4) is 0 Å². The van der Waals surface area contributed by atoms with Crippen LogP contribution in [-0.2, 0) is 0 Å². The first-order chi connectivity index (χ1) is 12.4. The number of carbonyl (C=O) groups excluding carboxylic acids is 1. The SMILES string of the molecule is COc1cc(/C=C2/CCOc3ccc(F)cc3C2=O)cc([N+](=O)[O-])c1O. The average Bonchev–Trinajstić information content (AvgIpc) is 2.76.